The smallest absolute Gasteiger partial charge is 0.394 e. The summed E-state index contributed by atoms with van der Waals surface area (Å²) in [5.41, 5.74) is 4.92. The molecule has 0 heterocycles. The predicted molar refractivity (Wildman–Crippen MR) is 43.7 cm³/mol. The van der Waals surface area contributed by atoms with Gasteiger partial charge in [0.2, 0.25) is 0 Å². The van der Waals surface area contributed by atoms with E-state index in [4.69, 9.17) is 10.8 Å². The van der Waals surface area contributed by atoms with E-state index >= 15 is 0 Å². The van der Waals surface area contributed by atoms with E-state index in [1.165, 1.54) is 0 Å². The topological polar surface area (TPSA) is 55.5 Å². The Hall–Kier alpha value is -0.330. The third kappa shape index (κ3) is 3.43. The zero-order valence-electron chi connectivity index (χ0n) is 7.68. The lowest BCUT2D eigenvalue weighted by atomic mass is 10.0. The van der Waals surface area contributed by atoms with Gasteiger partial charge in [-0.05, 0) is 19.3 Å². The summed E-state index contributed by atoms with van der Waals surface area (Å²) in [7, 11) is 0. The average molecular weight is 213 g/mol. The van der Waals surface area contributed by atoms with Crippen LogP contribution in [-0.2, 0) is 4.74 Å². The number of halogens is 3. The molecule has 2 unspecified atom stereocenters. The lowest BCUT2D eigenvalue weighted by molar-refractivity contribution is -0.185. The summed E-state index contributed by atoms with van der Waals surface area (Å²) < 4.78 is 40.0. The van der Waals surface area contributed by atoms with Gasteiger partial charge in [0.15, 0.2) is 0 Å². The second-order valence-corrected chi connectivity index (χ2v) is 3.81. The first kappa shape index (κ1) is 11.7. The Bertz CT molecular complexity index is 198. The Kier molecular flexibility index (Phi) is 3.39. The number of aliphatic hydroxyl groups excluding tert-OH is 1. The molecule has 0 spiro atoms. The molecule has 3 nitrogen and oxygen atoms in total. The van der Waals surface area contributed by atoms with Crippen LogP contribution in [0.5, 0.6) is 0 Å². The molecule has 0 aromatic heterocycles. The van der Waals surface area contributed by atoms with Crippen LogP contribution >= 0.6 is 0 Å². The van der Waals surface area contributed by atoms with Crippen LogP contribution in [0.1, 0.15) is 19.3 Å². The van der Waals surface area contributed by atoms with Crippen molar-refractivity contribution in [3.8, 4) is 0 Å². The van der Waals surface area contributed by atoms with Gasteiger partial charge in [-0.25, -0.2) is 0 Å². The van der Waals surface area contributed by atoms with Crippen molar-refractivity contribution >= 4 is 0 Å². The largest absolute Gasteiger partial charge is 0.411 e. The standard InChI is InChI=1S/C8H14F3NO2/c9-8(10,11)5-14-6-1-2-7(12,3-6)4-13/h6,13H,1-5,12H2. The highest BCUT2D eigenvalue weighted by atomic mass is 19.4. The number of alkyl halides is 3. The third-order valence-corrected chi connectivity index (χ3v) is 2.40. The van der Waals surface area contributed by atoms with E-state index in [1.807, 2.05) is 0 Å². The van der Waals surface area contributed by atoms with Crippen LogP contribution in [0, 0.1) is 0 Å². The molecule has 14 heavy (non-hydrogen) atoms. The molecule has 1 saturated carbocycles. The number of hydrogen-bond donors (Lipinski definition) is 2. The molecule has 0 bridgehead atoms. The zero-order valence-corrected chi connectivity index (χ0v) is 7.68. The molecule has 84 valence electrons. The molecule has 0 saturated heterocycles. The van der Waals surface area contributed by atoms with Crippen molar-refractivity contribution in [2.24, 2.45) is 5.73 Å². The zero-order chi connectivity index (χ0) is 10.8. The maximum atomic E-state index is 11.8. The molecule has 1 aliphatic carbocycles. The van der Waals surface area contributed by atoms with Crippen LogP contribution in [0.3, 0.4) is 0 Å². The van der Waals surface area contributed by atoms with Crippen LogP contribution in [0.4, 0.5) is 13.2 Å². The van der Waals surface area contributed by atoms with Gasteiger partial charge in [-0.2, -0.15) is 13.2 Å². The first-order chi connectivity index (χ1) is 6.35. The fourth-order valence-corrected chi connectivity index (χ4v) is 1.60. The molecule has 0 amide bonds. The highest BCUT2D eigenvalue weighted by Gasteiger charge is 2.38. The molecule has 0 aromatic carbocycles. The Morgan fingerprint density at radius 2 is 2.14 bits per heavy atom. The Labute approximate surface area is 80.0 Å². The van der Waals surface area contributed by atoms with E-state index in [0.29, 0.717) is 19.3 Å². The van der Waals surface area contributed by atoms with E-state index < -0.39 is 24.4 Å². The van der Waals surface area contributed by atoms with Crippen LogP contribution in [0.25, 0.3) is 0 Å². The van der Waals surface area contributed by atoms with Gasteiger partial charge in [0.25, 0.3) is 0 Å². The number of rotatable bonds is 3. The van der Waals surface area contributed by atoms with E-state index in [-0.39, 0.29) is 6.61 Å². The van der Waals surface area contributed by atoms with Gasteiger partial charge < -0.3 is 15.6 Å². The highest BCUT2D eigenvalue weighted by Crippen LogP contribution is 2.30. The molecule has 1 fully saturated rings. The van der Waals surface area contributed by atoms with Crippen molar-refractivity contribution in [1.82, 2.24) is 0 Å². The normalized spacial score (nSPS) is 33.6. The van der Waals surface area contributed by atoms with Crippen molar-refractivity contribution < 1.29 is 23.0 Å². The predicted octanol–water partition coefficient (Wildman–Crippen LogP) is 0.808. The second kappa shape index (κ2) is 4.04. The number of hydrogen-bond acceptors (Lipinski definition) is 3. The fraction of sp³-hybridized carbons (Fsp3) is 1.00. The van der Waals surface area contributed by atoms with Gasteiger partial charge in [0.1, 0.15) is 6.61 Å². The van der Waals surface area contributed by atoms with Crippen LogP contribution < -0.4 is 5.73 Å². The second-order valence-electron chi connectivity index (χ2n) is 3.81. The van der Waals surface area contributed by atoms with Gasteiger partial charge in [-0.15, -0.1) is 0 Å². The summed E-state index contributed by atoms with van der Waals surface area (Å²) in [5.74, 6) is 0. The van der Waals surface area contributed by atoms with Crippen LogP contribution in [0.2, 0.25) is 0 Å². The highest BCUT2D eigenvalue weighted by molar-refractivity contribution is 4.93. The van der Waals surface area contributed by atoms with Gasteiger partial charge in [-0.1, -0.05) is 0 Å². The van der Waals surface area contributed by atoms with Crippen molar-refractivity contribution in [3.63, 3.8) is 0 Å². The average Bonchev–Trinajstić information content (AvgIpc) is 2.44. The molecule has 0 aromatic rings. The van der Waals surface area contributed by atoms with Crippen molar-refractivity contribution in [3.05, 3.63) is 0 Å². The van der Waals surface area contributed by atoms with Gasteiger partial charge in [0, 0.05) is 5.54 Å². The Morgan fingerprint density at radius 1 is 1.50 bits per heavy atom. The monoisotopic (exact) mass is 213 g/mol. The minimum Gasteiger partial charge on any atom is -0.394 e. The Balaban J connectivity index is 2.30. The summed E-state index contributed by atoms with van der Waals surface area (Å²) in [6, 6.07) is 0. The first-order valence-corrected chi connectivity index (χ1v) is 4.43. The van der Waals surface area contributed by atoms with E-state index in [1.54, 1.807) is 0 Å². The number of aliphatic hydroxyl groups is 1. The molecule has 0 radical (unpaired) electrons. The number of ether oxygens (including phenoxy) is 1. The summed E-state index contributed by atoms with van der Waals surface area (Å²) >= 11 is 0. The summed E-state index contributed by atoms with van der Waals surface area (Å²) in [6.45, 7) is -1.45. The maximum absolute atomic E-state index is 11.8. The van der Waals surface area contributed by atoms with Crippen molar-refractivity contribution in [2.45, 2.75) is 37.1 Å². The van der Waals surface area contributed by atoms with Gasteiger partial charge >= 0.3 is 6.18 Å². The van der Waals surface area contributed by atoms with Gasteiger partial charge in [0.05, 0.1) is 12.7 Å². The summed E-state index contributed by atoms with van der Waals surface area (Å²) in [4.78, 5) is 0. The summed E-state index contributed by atoms with van der Waals surface area (Å²) in [6.07, 6.45) is -3.49. The molecule has 3 N–H and O–H groups in total. The lowest BCUT2D eigenvalue weighted by Crippen LogP contribution is -2.41. The molecule has 1 rings (SSSR count). The first-order valence-electron chi connectivity index (χ1n) is 4.43. The number of nitrogens with two attached hydrogens (primary N) is 1. The van der Waals surface area contributed by atoms with Crippen molar-refractivity contribution in [2.75, 3.05) is 13.2 Å². The molecule has 1 aliphatic rings. The Morgan fingerprint density at radius 3 is 2.57 bits per heavy atom. The van der Waals surface area contributed by atoms with E-state index in [0.717, 1.165) is 0 Å². The fourth-order valence-electron chi connectivity index (χ4n) is 1.60. The quantitative estimate of drug-likeness (QED) is 0.729. The van der Waals surface area contributed by atoms with Gasteiger partial charge in [-0.3, -0.25) is 0 Å². The molecular formula is C8H14F3NO2. The maximum Gasteiger partial charge on any atom is 0.411 e. The van der Waals surface area contributed by atoms with Crippen LogP contribution in [0.15, 0.2) is 0 Å². The summed E-state index contributed by atoms with van der Waals surface area (Å²) in [5, 5.41) is 8.87. The van der Waals surface area contributed by atoms with Crippen molar-refractivity contribution in [1.29, 1.82) is 0 Å². The minimum absolute atomic E-state index is 0.209. The minimum atomic E-state index is -4.29. The lowest BCUT2D eigenvalue weighted by Gasteiger charge is -2.20. The SMILES string of the molecule is NC1(CO)CCC(OCC(F)(F)F)C1. The molecule has 6 heteroatoms. The van der Waals surface area contributed by atoms with E-state index in [9.17, 15) is 13.2 Å². The molecule has 2 atom stereocenters. The van der Waals surface area contributed by atoms with E-state index in [2.05, 4.69) is 4.74 Å². The molecular weight excluding hydrogens is 199 g/mol. The third-order valence-electron chi connectivity index (χ3n) is 2.40. The van der Waals surface area contributed by atoms with Crippen LogP contribution in [-0.4, -0.2) is 36.1 Å². The molecule has 0 aliphatic heterocycles.